The first-order chi connectivity index (χ1) is 19.7. The Bertz CT molecular complexity index is 482. The first-order valence-corrected chi connectivity index (χ1v) is 18.5. The lowest BCUT2D eigenvalue weighted by Crippen LogP contribution is -2.46. The Morgan fingerprint density at radius 2 is 0.625 bits per heavy atom. The summed E-state index contributed by atoms with van der Waals surface area (Å²) >= 11 is 0. The van der Waals surface area contributed by atoms with E-state index in [0.29, 0.717) is 6.54 Å². The molecule has 0 aromatic carbocycles. The second-order valence-electron chi connectivity index (χ2n) is 12.9. The average molecular weight is 561 g/mol. The Morgan fingerprint density at radius 3 is 0.900 bits per heavy atom. The minimum atomic E-state index is -0.123. The van der Waals surface area contributed by atoms with Gasteiger partial charge in [0.2, 0.25) is 0 Å². The zero-order chi connectivity index (χ0) is 29.2. The molecule has 2 nitrogen and oxygen atoms in total. The van der Waals surface area contributed by atoms with E-state index in [4.69, 9.17) is 11.5 Å². The van der Waals surface area contributed by atoms with Gasteiger partial charge in [0.05, 0.1) is 0 Å². The molecule has 0 unspecified atom stereocenters. The summed E-state index contributed by atoms with van der Waals surface area (Å²) < 4.78 is 0. The number of hydrogen-bond donors (Lipinski definition) is 2. The van der Waals surface area contributed by atoms with Gasteiger partial charge in [-0.1, -0.05) is 167 Å². The molecule has 0 fully saturated rings. The van der Waals surface area contributed by atoms with Crippen LogP contribution < -0.4 is 11.5 Å². The number of nitrogens with two attached hydrogens (primary N) is 2. The van der Waals surface area contributed by atoms with Gasteiger partial charge in [-0.3, -0.25) is 0 Å². The molecule has 0 spiro atoms. The van der Waals surface area contributed by atoms with Crippen molar-refractivity contribution in [3.63, 3.8) is 0 Å². The fourth-order valence-electron chi connectivity index (χ4n) is 5.78. The number of hydrogen-bond acceptors (Lipinski definition) is 2. The van der Waals surface area contributed by atoms with Gasteiger partial charge in [-0.15, -0.1) is 0 Å². The van der Waals surface area contributed by atoms with E-state index in [2.05, 4.69) is 38.2 Å². The van der Waals surface area contributed by atoms with Crippen molar-refractivity contribution in [2.75, 3.05) is 6.54 Å². The Labute approximate surface area is 254 Å². The van der Waals surface area contributed by atoms with Crippen LogP contribution in [0.5, 0.6) is 0 Å². The van der Waals surface area contributed by atoms with Crippen LogP contribution in [0, 0.1) is 0 Å². The van der Waals surface area contributed by atoms with Crippen molar-refractivity contribution in [1.82, 2.24) is 0 Å². The summed E-state index contributed by atoms with van der Waals surface area (Å²) in [6.07, 6.45) is 49.9. The first kappa shape index (κ1) is 39.4. The summed E-state index contributed by atoms with van der Waals surface area (Å²) in [5.74, 6) is 0. The zero-order valence-electron chi connectivity index (χ0n) is 27.9. The van der Waals surface area contributed by atoms with Crippen molar-refractivity contribution in [1.29, 1.82) is 0 Å². The van der Waals surface area contributed by atoms with E-state index in [1.165, 1.54) is 180 Å². The summed E-state index contributed by atoms with van der Waals surface area (Å²) in [5, 5.41) is 0. The van der Waals surface area contributed by atoms with E-state index < -0.39 is 0 Å². The van der Waals surface area contributed by atoms with Gasteiger partial charge in [0.1, 0.15) is 0 Å². The Morgan fingerprint density at radius 1 is 0.375 bits per heavy atom. The minimum Gasteiger partial charge on any atom is -0.329 e. The summed E-state index contributed by atoms with van der Waals surface area (Å²) in [6, 6.07) is 0. The summed E-state index contributed by atoms with van der Waals surface area (Å²) in [4.78, 5) is 0. The first-order valence-electron chi connectivity index (χ1n) is 18.5. The maximum absolute atomic E-state index is 6.68. The zero-order valence-corrected chi connectivity index (χ0v) is 27.9. The highest BCUT2D eigenvalue weighted by atomic mass is 14.8. The van der Waals surface area contributed by atoms with E-state index in [9.17, 15) is 0 Å². The van der Waals surface area contributed by atoms with Gasteiger partial charge >= 0.3 is 0 Å². The van der Waals surface area contributed by atoms with Crippen LogP contribution in [-0.4, -0.2) is 12.1 Å². The van der Waals surface area contributed by atoms with Crippen LogP contribution in [0.4, 0.5) is 0 Å². The van der Waals surface area contributed by atoms with Crippen molar-refractivity contribution < 1.29 is 0 Å². The van der Waals surface area contributed by atoms with Crippen molar-refractivity contribution in [3.8, 4) is 0 Å². The third kappa shape index (κ3) is 30.4. The van der Waals surface area contributed by atoms with Gasteiger partial charge in [0.15, 0.2) is 0 Å². The molecule has 0 heterocycles. The third-order valence-electron chi connectivity index (χ3n) is 8.78. The molecule has 0 aliphatic rings. The Balaban J connectivity index is 3.48. The molecule has 238 valence electrons. The minimum absolute atomic E-state index is 0.123. The monoisotopic (exact) mass is 561 g/mol. The Hall–Kier alpha value is -0.600. The summed E-state index contributed by atoms with van der Waals surface area (Å²) in [7, 11) is 0. The van der Waals surface area contributed by atoms with E-state index in [0.717, 1.165) is 12.8 Å². The van der Waals surface area contributed by atoms with Crippen LogP contribution in [0.2, 0.25) is 0 Å². The molecule has 0 radical (unpaired) electrons. The molecule has 0 atom stereocenters. The molecule has 4 N–H and O–H groups in total. The molecule has 0 rings (SSSR count). The van der Waals surface area contributed by atoms with E-state index >= 15 is 0 Å². The fourth-order valence-corrected chi connectivity index (χ4v) is 5.78. The van der Waals surface area contributed by atoms with Crippen molar-refractivity contribution in [2.24, 2.45) is 11.5 Å². The van der Waals surface area contributed by atoms with E-state index in [1.807, 2.05) is 0 Å². The van der Waals surface area contributed by atoms with Crippen molar-refractivity contribution in [2.45, 2.75) is 212 Å². The van der Waals surface area contributed by atoms with Gasteiger partial charge in [0.25, 0.3) is 0 Å². The van der Waals surface area contributed by atoms with Gasteiger partial charge in [-0.25, -0.2) is 0 Å². The largest absolute Gasteiger partial charge is 0.329 e. The molecular weight excluding hydrogens is 484 g/mol. The quantitative estimate of drug-likeness (QED) is 0.0619. The lowest BCUT2D eigenvalue weighted by atomic mass is 9.87. The molecule has 0 aliphatic heterocycles. The molecular formula is C38H76N2. The predicted molar refractivity (Wildman–Crippen MR) is 184 cm³/mol. The Kier molecular flexibility index (Phi) is 32.4. The molecule has 0 amide bonds. The molecule has 0 aromatic rings. The van der Waals surface area contributed by atoms with Crippen molar-refractivity contribution >= 4 is 0 Å². The molecule has 0 aromatic heterocycles. The summed E-state index contributed by atoms with van der Waals surface area (Å²) in [6.45, 7) is 5.22. The third-order valence-corrected chi connectivity index (χ3v) is 8.78. The highest BCUT2D eigenvalue weighted by molar-refractivity contribution is 4.85. The molecule has 0 bridgehead atoms. The molecule has 40 heavy (non-hydrogen) atoms. The SMILES string of the molecule is CCCCCCCCC=CCCCCCCCCC(N)(CN)CCCCCCCCC=CCCCCCCCC. The lowest BCUT2D eigenvalue weighted by molar-refractivity contribution is 0.343. The van der Waals surface area contributed by atoms with Gasteiger partial charge in [-0.05, 0) is 64.2 Å². The normalized spacial score (nSPS) is 13.6. The van der Waals surface area contributed by atoms with Crippen LogP contribution in [0.1, 0.15) is 206 Å². The van der Waals surface area contributed by atoms with Gasteiger partial charge in [0, 0.05) is 12.1 Å². The fraction of sp³-hybridized carbons (Fsp3) is 0.895. The number of allylic oxidation sites excluding steroid dienone is 4. The second kappa shape index (κ2) is 32.9. The molecule has 0 saturated carbocycles. The van der Waals surface area contributed by atoms with Crippen LogP contribution in [0.15, 0.2) is 24.3 Å². The number of rotatable bonds is 33. The highest BCUT2D eigenvalue weighted by Gasteiger charge is 2.21. The topological polar surface area (TPSA) is 52.0 Å². The van der Waals surface area contributed by atoms with E-state index in [1.54, 1.807) is 0 Å². The molecule has 2 heteroatoms. The van der Waals surface area contributed by atoms with Crippen LogP contribution in [0.25, 0.3) is 0 Å². The molecule has 0 aliphatic carbocycles. The predicted octanol–water partition coefficient (Wildman–Crippen LogP) is 12.5. The van der Waals surface area contributed by atoms with Crippen LogP contribution in [0.3, 0.4) is 0 Å². The number of unbranched alkanes of at least 4 members (excludes halogenated alkanes) is 24. The molecule has 0 saturated heterocycles. The maximum Gasteiger partial charge on any atom is 0.0278 e. The van der Waals surface area contributed by atoms with Gasteiger partial charge in [-0.2, -0.15) is 0 Å². The smallest absolute Gasteiger partial charge is 0.0278 e. The van der Waals surface area contributed by atoms with Crippen LogP contribution >= 0.6 is 0 Å². The van der Waals surface area contributed by atoms with Gasteiger partial charge < -0.3 is 11.5 Å². The van der Waals surface area contributed by atoms with E-state index in [-0.39, 0.29) is 5.54 Å². The van der Waals surface area contributed by atoms with Crippen LogP contribution in [-0.2, 0) is 0 Å². The highest BCUT2D eigenvalue weighted by Crippen LogP contribution is 2.21. The average Bonchev–Trinajstić information content (AvgIpc) is 2.96. The lowest BCUT2D eigenvalue weighted by Gasteiger charge is -2.28. The standard InChI is InChI=1S/C38H76N2/c1-3-5-7-9-11-13-15-17-19-21-23-25-27-29-31-33-35-38(40,37-39)36-34-32-30-28-26-24-22-20-18-16-14-12-10-8-6-4-2/h17-20H,3-16,21-37,39-40H2,1-2H3. The second-order valence-corrected chi connectivity index (χ2v) is 12.9. The summed E-state index contributed by atoms with van der Waals surface area (Å²) in [5.41, 5.74) is 12.7. The van der Waals surface area contributed by atoms with Crippen molar-refractivity contribution in [3.05, 3.63) is 24.3 Å². The maximum atomic E-state index is 6.68.